The molecular formula is C36H24N2O2S2. The zero-order chi connectivity index (χ0) is 28.6. The highest BCUT2D eigenvalue weighted by molar-refractivity contribution is 7.16. The number of carbonyl (C=O) groups excluding carboxylic acids is 2. The molecule has 0 radical (unpaired) electrons. The lowest BCUT2D eigenvalue weighted by Crippen LogP contribution is -2.17. The molecule has 0 bridgehead atoms. The highest BCUT2D eigenvalue weighted by Crippen LogP contribution is 2.53. The summed E-state index contributed by atoms with van der Waals surface area (Å²) in [6, 6.07) is 29.7. The number of carbonyl (C=O) groups is 2. The van der Waals surface area contributed by atoms with Crippen LogP contribution in [0.4, 0.5) is 17.1 Å². The lowest BCUT2D eigenvalue weighted by molar-refractivity contribution is 0.0990. The van der Waals surface area contributed by atoms with Crippen molar-refractivity contribution in [3.8, 4) is 10.6 Å². The van der Waals surface area contributed by atoms with E-state index in [4.69, 9.17) is 4.98 Å². The number of fused-ring (bicyclic) bond motifs is 5. The number of benzene rings is 3. The van der Waals surface area contributed by atoms with E-state index in [1.165, 1.54) is 27.7 Å². The summed E-state index contributed by atoms with van der Waals surface area (Å²) in [5, 5.41) is 5.92. The van der Waals surface area contributed by atoms with Gasteiger partial charge in [0.15, 0.2) is 11.6 Å². The molecule has 0 amide bonds. The maximum atomic E-state index is 12.9. The zero-order valence-corrected chi connectivity index (χ0v) is 24.6. The summed E-state index contributed by atoms with van der Waals surface area (Å²) in [5.74, 6) is -0.358. The molecule has 2 aliphatic rings. The van der Waals surface area contributed by atoms with Crippen LogP contribution in [0.3, 0.4) is 0 Å². The number of anilines is 3. The maximum absolute atomic E-state index is 12.9. The Balaban J connectivity index is 1.22. The van der Waals surface area contributed by atoms with Crippen LogP contribution < -0.4 is 4.90 Å². The number of ketones is 2. The van der Waals surface area contributed by atoms with Crippen LogP contribution in [0.2, 0.25) is 0 Å². The molecule has 0 N–H and O–H groups in total. The van der Waals surface area contributed by atoms with E-state index in [1.54, 1.807) is 28.2 Å². The number of hydrogen-bond donors (Lipinski definition) is 0. The van der Waals surface area contributed by atoms with Gasteiger partial charge in [0.2, 0.25) is 0 Å². The Morgan fingerprint density at radius 2 is 1.45 bits per heavy atom. The first-order chi connectivity index (χ1) is 20.4. The molecule has 0 unspecified atom stereocenters. The van der Waals surface area contributed by atoms with Crippen molar-refractivity contribution < 1.29 is 9.59 Å². The molecule has 3 aromatic carbocycles. The quantitative estimate of drug-likeness (QED) is 0.154. The van der Waals surface area contributed by atoms with Gasteiger partial charge in [0, 0.05) is 43.6 Å². The molecule has 8 rings (SSSR count). The van der Waals surface area contributed by atoms with Crippen LogP contribution in [-0.4, -0.2) is 16.6 Å². The van der Waals surface area contributed by atoms with Crippen LogP contribution in [0.25, 0.3) is 27.4 Å². The summed E-state index contributed by atoms with van der Waals surface area (Å²) in [5.41, 5.74) is 7.42. The second-order valence-electron chi connectivity index (χ2n) is 11.2. The lowest BCUT2D eigenvalue weighted by Gasteiger charge is -2.27. The Bertz CT molecular complexity index is 2080. The monoisotopic (exact) mass is 580 g/mol. The van der Waals surface area contributed by atoms with Crippen molar-refractivity contribution in [1.82, 2.24) is 4.98 Å². The average Bonchev–Trinajstić information content (AvgIpc) is 3.76. The van der Waals surface area contributed by atoms with Crippen molar-refractivity contribution in [3.05, 3.63) is 135 Å². The molecule has 42 heavy (non-hydrogen) atoms. The van der Waals surface area contributed by atoms with Gasteiger partial charge in [-0.2, -0.15) is 11.3 Å². The van der Waals surface area contributed by atoms with Gasteiger partial charge in [-0.1, -0.05) is 62.4 Å². The lowest BCUT2D eigenvalue weighted by atomic mass is 9.83. The number of rotatable bonds is 4. The Kier molecular flexibility index (Phi) is 5.48. The minimum absolute atomic E-state index is 0.179. The third kappa shape index (κ3) is 3.69. The number of pyridine rings is 1. The first-order valence-corrected chi connectivity index (χ1v) is 15.5. The highest BCUT2D eigenvalue weighted by Gasteiger charge is 2.40. The van der Waals surface area contributed by atoms with Gasteiger partial charge in [0.25, 0.3) is 0 Å². The summed E-state index contributed by atoms with van der Waals surface area (Å²) < 4.78 is 0. The molecule has 0 saturated heterocycles. The number of allylic oxidation sites excluding steroid dienone is 1. The van der Waals surface area contributed by atoms with Crippen molar-refractivity contribution in [2.24, 2.45) is 0 Å². The summed E-state index contributed by atoms with van der Waals surface area (Å²) >= 11 is 2.98. The van der Waals surface area contributed by atoms with Crippen molar-refractivity contribution in [2.75, 3.05) is 4.90 Å². The minimum Gasteiger partial charge on any atom is -0.309 e. The van der Waals surface area contributed by atoms with Gasteiger partial charge in [0.1, 0.15) is 0 Å². The van der Waals surface area contributed by atoms with E-state index in [2.05, 4.69) is 97.6 Å². The van der Waals surface area contributed by atoms with E-state index in [9.17, 15) is 9.59 Å². The first-order valence-electron chi connectivity index (χ1n) is 13.8. The molecule has 202 valence electrons. The van der Waals surface area contributed by atoms with Gasteiger partial charge in [-0.15, -0.1) is 11.3 Å². The highest BCUT2D eigenvalue weighted by atomic mass is 32.1. The number of thiophene rings is 2. The minimum atomic E-state index is -0.297. The Labute approximate surface area is 251 Å². The molecule has 3 heterocycles. The average molecular weight is 581 g/mol. The van der Waals surface area contributed by atoms with E-state index in [0.717, 1.165) is 38.1 Å². The standard InChI is InChI=1S/C36H24N2O2S2/c1-36(2)30-15-25(38(23-10-4-3-5-11-23)24-13-12-21-8-6-7-9-22(21)14-24)18-37-32(30)35-31(36)17-26(42-35)16-27-33(39)28-19-41-20-29(28)34(27)40/h3-20H,1-2H3. The summed E-state index contributed by atoms with van der Waals surface area (Å²) in [6.07, 6.45) is 3.71. The first kappa shape index (κ1) is 25.1. The molecule has 0 spiro atoms. The fraction of sp³-hybridized carbons (Fsp3) is 0.0833. The molecule has 0 aliphatic heterocycles. The number of Topliss-reactive ketones (excluding diaryl/α,β-unsaturated/α-hetero) is 2. The van der Waals surface area contributed by atoms with Gasteiger partial charge in [-0.3, -0.25) is 14.6 Å². The summed E-state index contributed by atoms with van der Waals surface area (Å²) in [7, 11) is 0. The van der Waals surface area contributed by atoms with Crippen molar-refractivity contribution in [3.63, 3.8) is 0 Å². The second kappa shape index (κ2) is 9.18. The normalized spacial score (nSPS) is 14.7. The third-order valence-electron chi connectivity index (χ3n) is 8.38. The number of nitrogens with zero attached hydrogens (tertiary/aromatic N) is 2. The number of hydrogen-bond acceptors (Lipinski definition) is 6. The van der Waals surface area contributed by atoms with E-state index in [1.807, 2.05) is 12.3 Å². The molecule has 0 saturated carbocycles. The van der Waals surface area contributed by atoms with E-state index < -0.39 is 0 Å². The predicted molar refractivity (Wildman–Crippen MR) is 173 cm³/mol. The van der Waals surface area contributed by atoms with Crippen LogP contribution >= 0.6 is 22.7 Å². The Hall–Kier alpha value is -4.65. The van der Waals surface area contributed by atoms with Crippen molar-refractivity contribution in [2.45, 2.75) is 19.3 Å². The Morgan fingerprint density at radius 1 is 0.738 bits per heavy atom. The van der Waals surface area contributed by atoms with Crippen LogP contribution in [0.1, 0.15) is 50.6 Å². The van der Waals surface area contributed by atoms with Crippen LogP contribution in [0.15, 0.2) is 107 Å². The topological polar surface area (TPSA) is 50.3 Å². The van der Waals surface area contributed by atoms with Gasteiger partial charge < -0.3 is 4.90 Å². The molecular weight excluding hydrogens is 557 g/mol. The SMILES string of the molecule is CC1(C)c2cc(N(c3ccccc3)c3ccc4ccccc4c3)cnc2-c2sc(C=C3C(=O)c4cscc4C3=O)cc21. The smallest absolute Gasteiger partial charge is 0.198 e. The van der Waals surface area contributed by atoms with Crippen LogP contribution in [-0.2, 0) is 5.41 Å². The van der Waals surface area contributed by atoms with Crippen molar-refractivity contribution in [1.29, 1.82) is 0 Å². The maximum Gasteiger partial charge on any atom is 0.198 e. The molecule has 2 aliphatic carbocycles. The van der Waals surface area contributed by atoms with Gasteiger partial charge in [0.05, 0.1) is 28.0 Å². The largest absolute Gasteiger partial charge is 0.309 e. The molecule has 6 aromatic rings. The molecule has 6 heteroatoms. The van der Waals surface area contributed by atoms with E-state index in [-0.39, 0.29) is 22.6 Å². The van der Waals surface area contributed by atoms with Gasteiger partial charge in [-0.25, -0.2) is 0 Å². The van der Waals surface area contributed by atoms with Crippen LogP contribution in [0, 0.1) is 0 Å². The number of aromatic nitrogens is 1. The molecule has 3 aromatic heterocycles. The predicted octanol–water partition coefficient (Wildman–Crippen LogP) is 9.60. The summed E-state index contributed by atoms with van der Waals surface area (Å²) in [6.45, 7) is 4.44. The van der Waals surface area contributed by atoms with Crippen LogP contribution in [0.5, 0.6) is 0 Å². The Morgan fingerprint density at radius 3 is 2.21 bits per heavy atom. The van der Waals surface area contributed by atoms with Gasteiger partial charge in [-0.05, 0) is 64.4 Å². The second-order valence-corrected chi connectivity index (χ2v) is 13.1. The van der Waals surface area contributed by atoms with E-state index in [0.29, 0.717) is 11.1 Å². The summed E-state index contributed by atoms with van der Waals surface area (Å²) in [4.78, 5) is 35.1. The number of para-hydroxylation sites is 1. The molecule has 0 atom stereocenters. The van der Waals surface area contributed by atoms with E-state index >= 15 is 0 Å². The fourth-order valence-electron chi connectivity index (χ4n) is 6.16. The molecule has 0 fully saturated rings. The third-order valence-corrected chi connectivity index (χ3v) is 10.2. The fourth-order valence-corrected chi connectivity index (χ4v) is 8.24. The molecule has 4 nitrogen and oxygen atoms in total. The van der Waals surface area contributed by atoms with Crippen molar-refractivity contribution >= 4 is 68.2 Å². The van der Waals surface area contributed by atoms with Gasteiger partial charge >= 0.3 is 0 Å². The zero-order valence-electron chi connectivity index (χ0n) is 22.9.